The molecule has 0 saturated carbocycles. The molecule has 0 aliphatic carbocycles. The Balaban J connectivity index is 1.78. The molecule has 2 aromatic rings. The Morgan fingerprint density at radius 3 is 2.95 bits per heavy atom. The Labute approximate surface area is 135 Å². The van der Waals surface area contributed by atoms with Crippen LogP contribution < -0.4 is 19.9 Å². The molecule has 1 aromatic heterocycles. The Morgan fingerprint density at radius 2 is 2.18 bits per heavy atom. The molecule has 1 atom stereocenters. The minimum absolute atomic E-state index is 0.736. The molecule has 6 heteroatoms. The van der Waals surface area contributed by atoms with E-state index in [1.165, 1.54) is 10.5 Å². The van der Waals surface area contributed by atoms with Gasteiger partial charge < -0.3 is 10.1 Å². The van der Waals surface area contributed by atoms with Crippen molar-refractivity contribution in [2.45, 2.75) is 6.54 Å². The van der Waals surface area contributed by atoms with Crippen molar-refractivity contribution in [3.8, 4) is 5.75 Å². The van der Waals surface area contributed by atoms with E-state index >= 15 is 0 Å². The quantitative estimate of drug-likeness (QED) is 0.817. The Kier molecular flexibility index (Phi) is 4.50. The van der Waals surface area contributed by atoms with Gasteiger partial charge in [0.1, 0.15) is 12.3 Å². The van der Waals surface area contributed by atoms with E-state index in [2.05, 4.69) is 21.3 Å². The van der Waals surface area contributed by atoms with E-state index in [0.717, 1.165) is 36.4 Å². The van der Waals surface area contributed by atoms with Gasteiger partial charge in [0.25, 0.3) is 0 Å². The SMILES string of the molecule is COc1ccccc1N1C[NH+](Cc2cccnc2)CNC1=S. The number of nitrogens with one attached hydrogen (secondary N) is 2. The van der Waals surface area contributed by atoms with E-state index in [9.17, 15) is 0 Å². The van der Waals surface area contributed by atoms with Crippen LogP contribution in [0, 0.1) is 0 Å². The molecule has 0 amide bonds. The molecule has 22 heavy (non-hydrogen) atoms. The molecule has 0 radical (unpaired) electrons. The van der Waals surface area contributed by atoms with Gasteiger partial charge in [-0.25, -0.2) is 0 Å². The predicted octanol–water partition coefficient (Wildman–Crippen LogP) is 0.785. The fourth-order valence-electron chi connectivity index (χ4n) is 2.60. The van der Waals surface area contributed by atoms with Crippen molar-refractivity contribution < 1.29 is 9.64 Å². The zero-order valence-electron chi connectivity index (χ0n) is 12.5. The number of anilines is 1. The Hall–Kier alpha value is -2.18. The highest BCUT2D eigenvalue weighted by atomic mass is 32.1. The maximum Gasteiger partial charge on any atom is 0.182 e. The Bertz CT molecular complexity index is 650. The number of ether oxygens (including phenoxy) is 1. The van der Waals surface area contributed by atoms with Crippen molar-refractivity contribution in [1.29, 1.82) is 0 Å². The van der Waals surface area contributed by atoms with Gasteiger partial charge in [-0.15, -0.1) is 0 Å². The summed E-state index contributed by atoms with van der Waals surface area (Å²) in [7, 11) is 1.68. The van der Waals surface area contributed by atoms with Crippen LogP contribution in [0.5, 0.6) is 5.75 Å². The number of para-hydroxylation sites is 2. The molecule has 5 nitrogen and oxygen atoms in total. The van der Waals surface area contributed by atoms with Gasteiger partial charge >= 0.3 is 0 Å². The second-order valence-electron chi connectivity index (χ2n) is 5.20. The molecule has 1 aliphatic heterocycles. The van der Waals surface area contributed by atoms with Gasteiger partial charge in [0, 0.05) is 18.0 Å². The molecule has 1 aromatic carbocycles. The number of quaternary nitrogens is 1. The second-order valence-corrected chi connectivity index (χ2v) is 5.59. The summed E-state index contributed by atoms with van der Waals surface area (Å²) in [5.74, 6) is 0.828. The van der Waals surface area contributed by atoms with E-state index in [4.69, 9.17) is 17.0 Å². The molecule has 1 saturated heterocycles. The molecule has 3 rings (SSSR count). The van der Waals surface area contributed by atoms with Crippen LogP contribution in [0.2, 0.25) is 0 Å². The van der Waals surface area contributed by atoms with Crippen LogP contribution in [-0.2, 0) is 6.54 Å². The van der Waals surface area contributed by atoms with E-state index < -0.39 is 0 Å². The standard InChI is InChI=1S/C16H18N4OS/c1-21-15-7-3-2-6-14(15)20-12-19(11-18-16(20)22)10-13-5-4-8-17-9-13/h2-9H,10-12H2,1H3,(H,18,22)/p+1. The fourth-order valence-corrected chi connectivity index (χ4v) is 2.84. The van der Waals surface area contributed by atoms with Crippen molar-refractivity contribution in [2.24, 2.45) is 0 Å². The number of nitrogens with zero attached hydrogens (tertiary/aromatic N) is 2. The van der Waals surface area contributed by atoms with Gasteiger partial charge in [-0.1, -0.05) is 18.2 Å². The lowest BCUT2D eigenvalue weighted by atomic mass is 10.2. The first kappa shape index (κ1) is 14.7. The lowest BCUT2D eigenvalue weighted by molar-refractivity contribution is -0.916. The lowest BCUT2D eigenvalue weighted by Crippen LogP contribution is -3.16. The first-order valence-electron chi connectivity index (χ1n) is 7.19. The summed E-state index contributed by atoms with van der Waals surface area (Å²) in [6, 6.07) is 12.0. The molecule has 1 aliphatic rings. The first-order valence-corrected chi connectivity index (χ1v) is 7.59. The number of benzene rings is 1. The van der Waals surface area contributed by atoms with Crippen LogP contribution in [0.15, 0.2) is 48.8 Å². The molecule has 1 fully saturated rings. The van der Waals surface area contributed by atoms with Gasteiger partial charge in [0.15, 0.2) is 18.4 Å². The minimum atomic E-state index is 0.736. The number of methoxy groups -OCH3 is 1. The van der Waals surface area contributed by atoms with E-state index in [0.29, 0.717) is 0 Å². The monoisotopic (exact) mass is 315 g/mol. The third-order valence-corrected chi connectivity index (χ3v) is 4.03. The van der Waals surface area contributed by atoms with Crippen LogP contribution in [0.25, 0.3) is 0 Å². The van der Waals surface area contributed by atoms with Crippen LogP contribution in [0.3, 0.4) is 0 Å². The van der Waals surface area contributed by atoms with Gasteiger partial charge in [0.2, 0.25) is 0 Å². The van der Waals surface area contributed by atoms with Crippen molar-refractivity contribution in [2.75, 3.05) is 25.3 Å². The topological polar surface area (TPSA) is 41.8 Å². The third kappa shape index (κ3) is 3.18. The molecule has 2 heterocycles. The van der Waals surface area contributed by atoms with Crippen molar-refractivity contribution in [1.82, 2.24) is 10.3 Å². The average molecular weight is 315 g/mol. The highest BCUT2D eigenvalue weighted by Gasteiger charge is 2.26. The largest absolute Gasteiger partial charge is 0.495 e. The van der Waals surface area contributed by atoms with Gasteiger partial charge in [0.05, 0.1) is 12.8 Å². The number of hydrogen-bond donors (Lipinski definition) is 2. The molecule has 1 unspecified atom stereocenters. The summed E-state index contributed by atoms with van der Waals surface area (Å²) in [6.07, 6.45) is 3.71. The van der Waals surface area contributed by atoms with E-state index in [1.54, 1.807) is 13.3 Å². The predicted molar refractivity (Wildman–Crippen MR) is 89.8 cm³/mol. The second kappa shape index (κ2) is 6.72. The van der Waals surface area contributed by atoms with Crippen LogP contribution in [-0.4, -0.2) is 30.5 Å². The van der Waals surface area contributed by atoms with Crippen molar-refractivity contribution in [3.63, 3.8) is 0 Å². The smallest absolute Gasteiger partial charge is 0.182 e. The minimum Gasteiger partial charge on any atom is -0.495 e. The van der Waals surface area contributed by atoms with Crippen LogP contribution >= 0.6 is 12.2 Å². The highest BCUT2D eigenvalue weighted by Crippen LogP contribution is 2.27. The summed E-state index contributed by atoms with van der Waals surface area (Å²) < 4.78 is 5.45. The van der Waals surface area contributed by atoms with Crippen LogP contribution in [0.4, 0.5) is 5.69 Å². The zero-order valence-corrected chi connectivity index (χ0v) is 13.3. The molecule has 2 N–H and O–H groups in total. The molecule has 0 spiro atoms. The summed E-state index contributed by atoms with van der Waals surface area (Å²) in [5, 5.41) is 4.03. The highest BCUT2D eigenvalue weighted by molar-refractivity contribution is 7.80. The number of aromatic nitrogens is 1. The van der Waals surface area contributed by atoms with Crippen molar-refractivity contribution in [3.05, 3.63) is 54.4 Å². The summed E-state index contributed by atoms with van der Waals surface area (Å²) in [6.45, 7) is 2.50. The van der Waals surface area contributed by atoms with Crippen LogP contribution in [0.1, 0.15) is 5.56 Å². The van der Waals surface area contributed by atoms with E-state index in [-0.39, 0.29) is 0 Å². The summed E-state index contributed by atoms with van der Waals surface area (Å²) >= 11 is 5.47. The lowest BCUT2D eigenvalue weighted by Gasteiger charge is -2.35. The number of thiocarbonyl (C=S) groups is 1. The van der Waals surface area contributed by atoms with Gasteiger partial charge in [-0.3, -0.25) is 14.8 Å². The van der Waals surface area contributed by atoms with E-state index in [1.807, 2.05) is 36.5 Å². The molecular formula is C16H19N4OS+. The normalized spacial score (nSPS) is 18.0. The van der Waals surface area contributed by atoms with Gasteiger partial charge in [-0.05, 0) is 30.4 Å². The Morgan fingerprint density at radius 1 is 1.32 bits per heavy atom. The number of rotatable bonds is 4. The maximum absolute atomic E-state index is 5.47. The van der Waals surface area contributed by atoms with Crippen molar-refractivity contribution >= 4 is 23.0 Å². The molecule has 114 valence electrons. The van der Waals surface area contributed by atoms with Gasteiger partial charge in [-0.2, -0.15) is 0 Å². The average Bonchev–Trinajstić information content (AvgIpc) is 2.57. The molecular weight excluding hydrogens is 296 g/mol. The summed E-state index contributed by atoms with van der Waals surface area (Å²) in [4.78, 5) is 7.63. The maximum atomic E-state index is 5.47. The first-order chi connectivity index (χ1) is 10.8. The third-order valence-electron chi connectivity index (χ3n) is 3.67. The fraction of sp³-hybridized carbons (Fsp3) is 0.250. The number of hydrogen-bond acceptors (Lipinski definition) is 3. The molecule has 0 bridgehead atoms. The zero-order chi connectivity index (χ0) is 15.4. The number of pyridine rings is 1. The summed E-state index contributed by atoms with van der Waals surface area (Å²) in [5.41, 5.74) is 2.21.